The summed E-state index contributed by atoms with van der Waals surface area (Å²) >= 11 is 1.41. The highest BCUT2D eigenvalue weighted by Crippen LogP contribution is 2.32. The molecule has 0 aliphatic rings. The minimum atomic E-state index is -3.28. The van der Waals surface area contributed by atoms with E-state index in [1.165, 1.54) is 16.9 Å². The first-order valence-corrected chi connectivity index (χ1v) is 10.7. The normalized spacial score (nSPS) is 10.7. The molecule has 0 saturated carbocycles. The van der Waals surface area contributed by atoms with E-state index in [4.69, 9.17) is 9.90 Å². The van der Waals surface area contributed by atoms with Crippen molar-refractivity contribution in [3.8, 4) is 11.3 Å². The standard InChI is InChI=1S/C16H21N3O3S2.CH2O2/c1-10-5-6-13(11(2)9-10)15-12(3)23-16(19-15)18-14(20)7-8-17-24(4,21)22;2-1-3/h5-6,9,17H,7-8H2,1-4H3,(H,18,19,20);1H,(H,2,3). The predicted octanol–water partition coefficient (Wildman–Crippen LogP) is 2.31. The van der Waals surface area contributed by atoms with E-state index in [-0.39, 0.29) is 25.3 Å². The number of nitrogens with one attached hydrogen (secondary N) is 2. The molecule has 0 atom stereocenters. The topological polar surface area (TPSA) is 125 Å². The lowest BCUT2D eigenvalue weighted by Crippen LogP contribution is -2.26. The maximum absolute atomic E-state index is 11.9. The second-order valence-electron chi connectivity index (χ2n) is 5.81. The number of aryl methyl sites for hydroxylation is 3. The van der Waals surface area contributed by atoms with Gasteiger partial charge in [0.25, 0.3) is 6.47 Å². The van der Waals surface area contributed by atoms with Crippen LogP contribution < -0.4 is 10.0 Å². The monoisotopic (exact) mass is 413 g/mol. The van der Waals surface area contributed by atoms with Crippen LogP contribution in [0.4, 0.5) is 5.13 Å². The summed E-state index contributed by atoms with van der Waals surface area (Å²) in [5, 5.41) is 10.1. The van der Waals surface area contributed by atoms with Crippen molar-refractivity contribution < 1.29 is 23.1 Å². The van der Waals surface area contributed by atoms with Crippen molar-refractivity contribution in [1.29, 1.82) is 0 Å². The highest BCUT2D eigenvalue weighted by Gasteiger charge is 2.14. The molecule has 10 heteroatoms. The minimum absolute atomic E-state index is 0.0601. The van der Waals surface area contributed by atoms with Gasteiger partial charge in [-0.05, 0) is 26.3 Å². The van der Waals surface area contributed by atoms with Crippen LogP contribution in [0.1, 0.15) is 22.4 Å². The third-order valence-corrected chi connectivity index (χ3v) is 5.01. The number of carboxylic acid groups (broad SMARTS) is 1. The van der Waals surface area contributed by atoms with Gasteiger partial charge in [0.05, 0.1) is 11.9 Å². The Labute approximate surface area is 162 Å². The Bertz CT molecular complexity index is 907. The molecule has 1 aromatic heterocycles. The van der Waals surface area contributed by atoms with E-state index in [9.17, 15) is 13.2 Å². The zero-order chi connectivity index (χ0) is 20.6. The van der Waals surface area contributed by atoms with Crippen LogP contribution in [-0.4, -0.2) is 43.7 Å². The van der Waals surface area contributed by atoms with E-state index in [1.807, 2.05) is 32.9 Å². The van der Waals surface area contributed by atoms with Crippen LogP contribution in [0.25, 0.3) is 11.3 Å². The van der Waals surface area contributed by atoms with Crippen LogP contribution in [0, 0.1) is 20.8 Å². The van der Waals surface area contributed by atoms with Gasteiger partial charge in [-0.3, -0.25) is 9.59 Å². The maximum Gasteiger partial charge on any atom is 0.290 e. The van der Waals surface area contributed by atoms with Gasteiger partial charge >= 0.3 is 0 Å². The lowest BCUT2D eigenvalue weighted by Gasteiger charge is -2.05. The Morgan fingerprint density at radius 2 is 1.93 bits per heavy atom. The number of carbonyl (C=O) groups is 2. The first-order valence-electron chi connectivity index (χ1n) is 7.94. The fraction of sp³-hybridized carbons (Fsp3) is 0.353. The predicted molar refractivity (Wildman–Crippen MR) is 107 cm³/mol. The lowest BCUT2D eigenvalue weighted by molar-refractivity contribution is -0.123. The van der Waals surface area contributed by atoms with E-state index in [2.05, 4.69) is 21.1 Å². The highest BCUT2D eigenvalue weighted by atomic mass is 32.2. The largest absolute Gasteiger partial charge is 0.483 e. The molecule has 2 rings (SSSR count). The molecule has 1 aromatic carbocycles. The summed E-state index contributed by atoms with van der Waals surface area (Å²) in [6.45, 7) is 5.86. The van der Waals surface area contributed by atoms with Crippen molar-refractivity contribution in [2.24, 2.45) is 0 Å². The number of hydrogen-bond acceptors (Lipinski definition) is 6. The van der Waals surface area contributed by atoms with Crippen molar-refractivity contribution in [2.45, 2.75) is 27.2 Å². The second kappa shape index (κ2) is 10.1. The SMILES string of the molecule is Cc1ccc(-c2nc(NC(=O)CCNS(C)(=O)=O)sc2C)c(C)c1.O=CO. The smallest absolute Gasteiger partial charge is 0.290 e. The Hall–Kier alpha value is -2.30. The molecular formula is C17H23N3O5S2. The van der Waals surface area contributed by atoms with E-state index < -0.39 is 10.0 Å². The summed E-state index contributed by atoms with van der Waals surface area (Å²) in [7, 11) is -3.28. The minimum Gasteiger partial charge on any atom is -0.483 e. The summed E-state index contributed by atoms with van der Waals surface area (Å²) in [6.07, 6.45) is 1.12. The maximum atomic E-state index is 11.9. The Balaban J connectivity index is 0.00000114. The van der Waals surface area contributed by atoms with E-state index in [0.29, 0.717) is 5.13 Å². The molecule has 148 valence electrons. The summed E-state index contributed by atoms with van der Waals surface area (Å²) < 4.78 is 24.2. The molecule has 27 heavy (non-hydrogen) atoms. The van der Waals surface area contributed by atoms with Gasteiger partial charge in [0.15, 0.2) is 5.13 Å². The number of benzene rings is 1. The number of sulfonamides is 1. The lowest BCUT2D eigenvalue weighted by atomic mass is 10.0. The molecule has 0 aliphatic carbocycles. The van der Waals surface area contributed by atoms with Crippen molar-refractivity contribution in [3.63, 3.8) is 0 Å². The average Bonchev–Trinajstić information content (AvgIpc) is 2.87. The Morgan fingerprint density at radius 3 is 2.48 bits per heavy atom. The molecule has 1 amide bonds. The van der Waals surface area contributed by atoms with Crippen molar-refractivity contribution in [1.82, 2.24) is 9.71 Å². The molecular weight excluding hydrogens is 390 g/mol. The number of thiazole rings is 1. The fourth-order valence-corrected chi connectivity index (χ4v) is 3.63. The van der Waals surface area contributed by atoms with Crippen molar-refractivity contribution in [3.05, 3.63) is 34.2 Å². The summed E-state index contributed by atoms with van der Waals surface area (Å²) in [4.78, 5) is 25.8. The molecule has 0 radical (unpaired) electrons. The molecule has 2 aromatic rings. The number of aromatic nitrogens is 1. The van der Waals surface area contributed by atoms with Gasteiger partial charge in [-0.25, -0.2) is 18.1 Å². The molecule has 8 nitrogen and oxygen atoms in total. The van der Waals surface area contributed by atoms with Gasteiger partial charge in [-0.15, -0.1) is 11.3 Å². The quantitative estimate of drug-likeness (QED) is 0.624. The number of amides is 1. The molecule has 0 unspecified atom stereocenters. The van der Waals surface area contributed by atoms with Gasteiger partial charge in [-0.1, -0.05) is 23.8 Å². The van der Waals surface area contributed by atoms with Crippen LogP contribution in [0.3, 0.4) is 0 Å². The Morgan fingerprint density at radius 1 is 1.30 bits per heavy atom. The van der Waals surface area contributed by atoms with Crippen LogP contribution >= 0.6 is 11.3 Å². The zero-order valence-electron chi connectivity index (χ0n) is 15.6. The molecule has 1 heterocycles. The van der Waals surface area contributed by atoms with Crippen LogP contribution in [0.2, 0.25) is 0 Å². The summed E-state index contributed by atoms with van der Waals surface area (Å²) in [6, 6.07) is 6.17. The zero-order valence-corrected chi connectivity index (χ0v) is 17.2. The third kappa shape index (κ3) is 7.85. The van der Waals surface area contributed by atoms with Crippen LogP contribution in [-0.2, 0) is 19.6 Å². The van der Waals surface area contributed by atoms with Crippen molar-refractivity contribution >= 4 is 38.9 Å². The first-order chi connectivity index (χ1) is 12.6. The highest BCUT2D eigenvalue weighted by molar-refractivity contribution is 7.88. The van der Waals surface area contributed by atoms with Crippen LogP contribution in [0.15, 0.2) is 18.2 Å². The number of anilines is 1. The number of hydrogen-bond donors (Lipinski definition) is 3. The van der Waals surface area contributed by atoms with Crippen LogP contribution in [0.5, 0.6) is 0 Å². The molecule has 3 N–H and O–H groups in total. The number of rotatable bonds is 6. The molecule has 0 saturated heterocycles. The molecule has 0 spiro atoms. The Kier molecular flexibility index (Phi) is 8.54. The summed E-state index contributed by atoms with van der Waals surface area (Å²) in [5.74, 6) is -0.271. The molecule has 0 fully saturated rings. The van der Waals surface area contributed by atoms with Gasteiger partial charge in [-0.2, -0.15) is 0 Å². The van der Waals surface area contributed by atoms with Crippen molar-refractivity contribution in [2.75, 3.05) is 18.1 Å². The van der Waals surface area contributed by atoms with Gasteiger partial charge in [0.1, 0.15) is 0 Å². The van der Waals surface area contributed by atoms with Gasteiger partial charge in [0, 0.05) is 23.4 Å². The molecule has 0 aliphatic heterocycles. The first kappa shape index (κ1) is 22.7. The van der Waals surface area contributed by atoms with E-state index >= 15 is 0 Å². The second-order valence-corrected chi connectivity index (χ2v) is 8.85. The average molecular weight is 414 g/mol. The van der Waals surface area contributed by atoms with Gasteiger partial charge in [0.2, 0.25) is 15.9 Å². The number of nitrogens with zero attached hydrogens (tertiary/aromatic N) is 1. The third-order valence-electron chi connectivity index (χ3n) is 3.40. The van der Waals surface area contributed by atoms with E-state index in [0.717, 1.165) is 28.0 Å². The van der Waals surface area contributed by atoms with E-state index in [1.54, 1.807) is 0 Å². The summed E-state index contributed by atoms with van der Waals surface area (Å²) in [5.41, 5.74) is 4.24. The molecule has 0 bridgehead atoms. The van der Waals surface area contributed by atoms with Gasteiger partial charge < -0.3 is 10.4 Å². The number of carbonyl (C=O) groups excluding carboxylic acids is 1. The fourth-order valence-electron chi connectivity index (χ4n) is 2.31.